The van der Waals surface area contributed by atoms with E-state index >= 15 is 0 Å². The highest BCUT2D eigenvalue weighted by Gasteiger charge is 2.18. The molecule has 2 rings (SSSR count). The largest absolute Gasteiger partial charge is 0.496 e. The molecule has 0 aliphatic carbocycles. The van der Waals surface area contributed by atoms with Crippen LogP contribution in [0.25, 0.3) is 0 Å². The number of rotatable bonds is 6. The van der Waals surface area contributed by atoms with Gasteiger partial charge in [-0.25, -0.2) is 13.1 Å². The monoisotopic (exact) mass is 376 g/mol. The van der Waals surface area contributed by atoms with Gasteiger partial charge in [0, 0.05) is 23.2 Å². The van der Waals surface area contributed by atoms with Gasteiger partial charge >= 0.3 is 0 Å². The molecular formula is C19H24N2O4S. The normalized spacial score (nSPS) is 11.8. The molecule has 0 aliphatic heterocycles. The average molecular weight is 376 g/mol. The molecule has 0 atom stereocenters. The lowest BCUT2D eigenvalue weighted by atomic mass is 10.1. The van der Waals surface area contributed by atoms with E-state index in [9.17, 15) is 13.2 Å². The molecule has 2 aromatic rings. The summed E-state index contributed by atoms with van der Waals surface area (Å²) >= 11 is 0. The first-order valence-electron chi connectivity index (χ1n) is 8.16. The number of sulfonamides is 1. The highest BCUT2D eigenvalue weighted by molar-refractivity contribution is 7.89. The number of amides is 1. The Hall–Kier alpha value is -2.38. The predicted octanol–water partition coefficient (Wildman–Crippen LogP) is 2.70. The van der Waals surface area contributed by atoms with Gasteiger partial charge in [0.1, 0.15) is 5.75 Å². The van der Waals surface area contributed by atoms with E-state index in [4.69, 9.17) is 4.74 Å². The Morgan fingerprint density at radius 1 is 1.04 bits per heavy atom. The zero-order valence-corrected chi connectivity index (χ0v) is 16.2. The van der Waals surface area contributed by atoms with Gasteiger partial charge in [-0.15, -0.1) is 0 Å². The van der Waals surface area contributed by atoms with E-state index in [1.807, 2.05) is 32.9 Å². The van der Waals surface area contributed by atoms with E-state index in [0.717, 1.165) is 5.56 Å². The lowest BCUT2D eigenvalue weighted by Crippen LogP contribution is -2.40. The van der Waals surface area contributed by atoms with Crippen LogP contribution >= 0.6 is 0 Å². The fourth-order valence-electron chi connectivity index (χ4n) is 2.30. The standard InChI is InChI=1S/C19H24N2O4S/c1-19(2,3)21-18(22)14-9-11-16(12-10-14)26(23,24)20-13-15-7-5-6-8-17(15)25-4/h5-12,20H,13H2,1-4H3,(H,21,22). The lowest BCUT2D eigenvalue weighted by Gasteiger charge is -2.20. The van der Waals surface area contributed by atoms with Gasteiger partial charge in [-0.1, -0.05) is 18.2 Å². The van der Waals surface area contributed by atoms with Crippen molar-refractivity contribution >= 4 is 15.9 Å². The van der Waals surface area contributed by atoms with Gasteiger partial charge in [0.25, 0.3) is 5.91 Å². The van der Waals surface area contributed by atoms with E-state index in [0.29, 0.717) is 11.3 Å². The quantitative estimate of drug-likeness (QED) is 0.812. The van der Waals surface area contributed by atoms with Gasteiger partial charge in [-0.3, -0.25) is 4.79 Å². The van der Waals surface area contributed by atoms with Crippen LogP contribution in [0.5, 0.6) is 5.75 Å². The van der Waals surface area contributed by atoms with Crippen molar-refractivity contribution in [1.82, 2.24) is 10.0 Å². The summed E-state index contributed by atoms with van der Waals surface area (Å²) in [6, 6.07) is 13.0. The van der Waals surface area contributed by atoms with Crippen LogP contribution in [0.4, 0.5) is 0 Å². The van der Waals surface area contributed by atoms with Crippen molar-refractivity contribution in [3.63, 3.8) is 0 Å². The van der Waals surface area contributed by atoms with Crippen molar-refractivity contribution in [2.75, 3.05) is 7.11 Å². The molecular weight excluding hydrogens is 352 g/mol. The van der Waals surface area contributed by atoms with Gasteiger partial charge in [-0.2, -0.15) is 0 Å². The molecule has 2 aromatic carbocycles. The fraction of sp³-hybridized carbons (Fsp3) is 0.316. The SMILES string of the molecule is COc1ccccc1CNS(=O)(=O)c1ccc(C(=O)NC(C)(C)C)cc1. The van der Waals surface area contributed by atoms with Gasteiger partial charge in [0.15, 0.2) is 0 Å². The molecule has 0 aliphatic rings. The molecule has 2 N–H and O–H groups in total. The van der Waals surface area contributed by atoms with Gasteiger partial charge in [0.2, 0.25) is 10.0 Å². The highest BCUT2D eigenvalue weighted by atomic mass is 32.2. The summed E-state index contributed by atoms with van der Waals surface area (Å²) in [6.07, 6.45) is 0. The minimum atomic E-state index is -3.70. The maximum absolute atomic E-state index is 12.5. The van der Waals surface area contributed by atoms with Crippen LogP contribution in [0, 0.1) is 0 Å². The van der Waals surface area contributed by atoms with Crippen molar-refractivity contribution in [3.8, 4) is 5.75 Å². The molecule has 0 radical (unpaired) electrons. The Bertz CT molecular complexity index is 869. The van der Waals surface area contributed by atoms with Crippen LogP contribution in [-0.4, -0.2) is 27.0 Å². The highest BCUT2D eigenvalue weighted by Crippen LogP contribution is 2.18. The number of nitrogens with one attached hydrogen (secondary N) is 2. The van der Waals surface area contributed by atoms with Crippen molar-refractivity contribution < 1.29 is 17.9 Å². The Kier molecular flexibility index (Phi) is 6.05. The summed E-state index contributed by atoms with van der Waals surface area (Å²) < 4.78 is 32.7. The third-order valence-corrected chi connectivity index (χ3v) is 4.98. The number of carbonyl (C=O) groups excluding carboxylic acids is 1. The first-order chi connectivity index (χ1) is 12.1. The van der Waals surface area contributed by atoms with Gasteiger partial charge in [-0.05, 0) is 51.1 Å². The molecule has 0 aromatic heterocycles. The molecule has 1 amide bonds. The van der Waals surface area contributed by atoms with Crippen LogP contribution in [0.15, 0.2) is 53.4 Å². The second-order valence-corrected chi connectivity index (χ2v) is 8.63. The molecule has 26 heavy (non-hydrogen) atoms. The second-order valence-electron chi connectivity index (χ2n) is 6.86. The van der Waals surface area contributed by atoms with Crippen LogP contribution < -0.4 is 14.8 Å². The molecule has 0 fully saturated rings. The summed E-state index contributed by atoms with van der Waals surface area (Å²) in [4.78, 5) is 12.2. The van der Waals surface area contributed by atoms with Crippen LogP contribution in [-0.2, 0) is 16.6 Å². The Labute approximate surface area is 154 Å². The number of hydrogen-bond acceptors (Lipinski definition) is 4. The molecule has 140 valence electrons. The number of hydrogen-bond donors (Lipinski definition) is 2. The van der Waals surface area contributed by atoms with Gasteiger partial charge < -0.3 is 10.1 Å². The number of methoxy groups -OCH3 is 1. The maximum atomic E-state index is 12.5. The Balaban J connectivity index is 2.10. The predicted molar refractivity (Wildman–Crippen MR) is 101 cm³/mol. The third-order valence-electron chi connectivity index (χ3n) is 3.56. The molecule has 0 unspecified atom stereocenters. The van der Waals surface area contributed by atoms with Crippen LogP contribution in [0.1, 0.15) is 36.7 Å². The summed E-state index contributed by atoms with van der Waals surface area (Å²) in [5, 5.41) is 2.84. The second kappa shape index (κ2) is 7.88. The smallest absolute Gasteiger partial charge is 0.251 e. The number of ether oxygens (including phenoxy) is 1. The maximum Gasteiger partial charge on any atom is 0.251 e. The summed E-state index contributed by atoms with van der Waals surface area (Å²) in [7, 11) is -2.16. The lowest BCUT2D eigenvalue weighted by molar-refractivity contribution is 0.0919. The summed E-state index contributed by atoms with van der Waals surface area (Å²) in [5.41, 5.74) is 0.779. The van der Waals surface area contributed by atoms with E-state index in [-0.39, 0.29) is 22.9 Å². The van der Waals surface area contributed by atoms with Crippen LogP contribution in [0.3, 0.4) is 0 Å². The summed E-state index contributed by atoms with van der Waals surface area (Å²) in [6.45, 7) is 5.75. The number of benzene rings is 2. The molecule has 7 heteroatoms. The van der Waals surface area contributed by atoms with E-state index < -0.39 is 10.0 Å². The zero-order valence-electron chi connectivity index (χ0n) is 15.4. The number of para-hydroxylation sites is 1. The van der Waals surface area contributed by atoms with Crippen molar-refractivity contribution in [2.24, 2.45) is 0 Å². The molecule has 0 heterocycles. The Morgan fingerprint density at radius 3 is 2.23 bits per heavy atom. The van der Waals surface area contributed by atoms with Crippen molar-refractivity contribution in [3.05, 3.63) is 59.7 Å². The molecule has 0 saturated carbocycles. The Morgan fingerprint density at radius 2 is 1.65 bits per heavy atom. The molecule has 0 bridgehead atoms. The van der Waals surface area contributed by atoms with Crippen molar-refractivity contribution in [1.29, 1.82) is 0 Å². The molecule has 0 spiro atoms. The topological polar surface area (TPSA) is 84.5 Å². The van der Waals surface area contributed by atoms with E-state index in [1.165, 1.54) is 31.4 Å². The summed E-state index contributed by atoms with van der Waals surface area (Å²) in [5.74, 6) is 0.368. The molecule has 0 saturated heterocycles. The number of carbonyl (C=O) groups is 1. The first kappa shape index (κ1) is 19.9. The average Bonchev–Trinajstić information content (AvgIpc) is 2.59. The minimum absolute atomic E-state index is 0.0970. The first-order valence-corrected chi connectivity index (χ1v) is 9.65. The zero-order chi connectivity index (χ0) is 19.4. The van der Waals surface area contributed by atoms with E-state index in [1.54, 1.807) is 12.1 Å². The third kappa shape index (κ3) is 5.31. The van der Waals surface area contributed by atoms with Crippen LogP contribution in [0.2, 0.25) is 0 Å². The van der Waals surface area contributed by atoms with E-state index in [2.05, 4.69) is 10.0 Å². The van der Waals surface area contributed by atoms with Gasteiger partial charge in [0.05, 0.1) is 12.0 Å². The molecule has 6 nitrogen and oxygen atoms in total. The van der Waals surface area contributed by atoms with Crippen molar-refractivity contribution in [2.45, 2.75) is 37.8 Å². The fourth-order valence-corrected chi connectivity index (χ4v) is 3.31. The minimum Gasteiger partial charge on any atom is -0.496 e.